The van der Waals surface area contributed by atoms with E-state index in [1.54, 1.807) is 28.9 Å². The number of halogens is 1. The summed E-state index contributed by atoms with van der Waals surface area (Å²) in [6.07, 6.45) is 0. The highest BCUT2D eigenvalue weighted by Crippen LogP contribution is 2.28. The molecule has 0 saturated heterocycles. The van der Waals surface area contributed by atoms with Gasteiger partial charge in [-0.15, -0.1) is 0 Å². The zero-order chi connectivity index (χ0) is 22.5. The number of amides is 1. The first-order valence-corrected chi connectivity index (χ1v) is 9.59. The number of esters is 1. The van der Waals surface area contributed by atoms with Gasteiger partial charge in [0.05, 0.1) is 30.6 Å². The Labute approximate surface area is 183 Å². The summed E-state index contributed by atoms with van der Waals surface area (Å²) in [7, 11) is 2.98. The topological polar surface area (TPSA) is 105 Å². The Hall–Kier alpha value is -3.59. The molecule has 3 aromatic rings. The molecule has 0 aliphatic rings. The van der Waals surface area contributed by atoms with E-state index in [1.807, 2.05) is 19.9 Å². The quantitative estimate of drug-likeness (QED) is 0.557. The van der Waals surface area contributed by atoms with E-state index in [1.165, 1.54) is 20.3 Å². The smallest absolute Gasteiger partial charge is 0.359 e. The Morgan fingerprint density at radius 3 is 2.52 bits per heavy atom. The van der Waals surface area contributed by atoms with Gasteiger partial charge in [0, 0.05) is 11.8 Å². The van der Waals surface area contributed by atoms with Crippen LogP contribution in [0.2, 0.25) is 5.02 Å². The maximum absolute atomic E-state index is 12.5. The first-order chi connectivity index (χ1) is 14.8. The lowest BCUT2D eigenvalue weighted by Crippen LogP contribution is -2.22. The van der Waals surface area contributed by atoms with Crippen molar-refractivity contribution in [3.8, 4) is 17.3 Å². The highest BCUT2D eigenvalue weighted by Gasteiger charge is 2.18. The van der Waals surface area contributed by atoms with Gasteiger partial charge in [-0.1, -0.05) is 11.6 Å². The average Bonchev–Trinajstić information content (AvgIpc) is 3.10. The molecule has 1 amide bonds. The van der Waals surface area contributed by atoms with Crippen LogP contribution in [0, 0.1) is 13.8 Å². The second-order valence-electron chi connectivity index (χ2n) is 6.53. The predicted octanol–water partition coefficient (Wildman–Crippen LogP) is 3.35. The van der Waals surface area contributed by atoms with Crippen molar-refractivity contribution in [1.29, 1.82) is 0 Å². The lowest BCUT2D eigenvalue weighted by atomic mass is 10.2. The fourth-order valence-corrected chi connectivity index (χ4v) is 3.03. The molecule has 31 heavy (non-hydrogen) atoms. The molecule has 1 aromatic carbocycles. The number of hydrogen-bond acceptors (Lipinski definition) is 7. The molecule has 0 spiro atoms. The Morgan fingerprint density at radius 1 is 1.10 bits per heavy atom. The Kier molecular flexibility index (Phi) is 6.76. The van der Waals surface area contributed by atoms with Crippen molar-refractivity contribution >= 4 is 29.2 Å². The van der Waals surface area contributed by atoms with Crippen molar-refractivity contribution < 1.29 is 23.8 Å². The van der Waals surface area contributed by atoms with Crippen LogP contribution in [0.5, 0.6) is 11.5 Å². The lowest BCUT2D eigenvalue weighted by molar-refractivity contribution is -0.119. The summed E-state index contributed by atoms with van der Waals surface area (Å²) in [5.74, 6) is -0.0211. The zero-order valence-electron chi connectivity index (χ0n) is 17.4. The third kappa shape index (κ3) is 5.13. The Bertz CT molecular complexity index is 1130. The SMILES string of the molecule is COc1ccc(OC)c(NC(=O)COC(=O)c2nc(-n3nc(C)cc3C)ccc2Cl)c1. The van der Waals surface area contributed by atoms with Gasteiger partial charge in [-0.2, -0.15) is 5.10 Å². The molecular formula is C21H21ClN4O5. The second-order valence-corrected chi connectivity index (χ2v) is 6.94. The molecule has 0 saturated carbocycles. The maximum atomic E-state index is 12.5. The van der Waals surface area contributed by atoms with Crippen LogP contribution in [-0.2, 0) is 9.53 Å². The van der Waals surface area contributed by atoms with E-state index in [0.29, 0.717) is 23.0 Å². The number of methoxy groups -OCH3 is 2. The summed E-state index contributed by atoms with van der Waals surface area (Å²) in [5.41, 5.74) is 1.92. The molecule has 9 nitrogen and oxygen atoms in total. The van der Waals surface area contributed by atoms with Crippen molar-refractivity contribution in [1.82, 2.24) is 14.8 Å². The molecule has 0 fully saturated rings. The molecule has 1 N–H and O–H groups in total. The van der Waals surface area contributed by atoms with Gasteiger partial charge in [0.2, 0.25) is 0 Å². The number of rotatable bonds is 7. The molecule has 0 aliphatic heterocycles. The molecular weight excluding hydrogens is 424 g/mol. The van der Waals surface area contributed by atoms with Gasteiger partial charge < -0.3 is 19.5 Å². The van der Waals surface area contributed by atoms with Crippen molar-refractivity contribution in [2.45, 2.75) is 13.8 Å². The van der Waals surface area contributed by atoms with Gasteiger partial charge in [0.15, 0.2) is 18.1 Å². The van der Waals surface area contributed by atoms with E-state index in [4.69, 9.17) is 25.8 Å². The summed E-state index contributed by atoms with van der Waals surface area (Å²) in [5, 5.41) is 7.05. The molecule has 0 bridgehead atoms. The first-order valence-electron chi connectivity index (χ1n) is 9.21. The van der Waals surface area contributed by atoms with Crippen LogP contribution < -0.4 is 14.8 Å². The monoisotopic (exact) mass is 444 g/mol. The number of ether oxygens (including phenoxy) is 3. The molecule has 0 atom stereocenters. The van der Waals surface area contributed by atoms with Crippen LogP contribution in [0.15, 0.2) is 36.4 Å². The van der Waals surface area contributed by atoms with Gasteiger partial charge in [-0.3, -0.25) is 4.79 Å². The van der Waals surface area contributed by atoms with E-state index < -0.39 is 18.5 Å². The number of nitrogens with zero attached hydrogens (tertiary/aromatic N) is 3. The summed E-state index contributed by atoms with van der Waals surface area (Å²) in [6, 6.07) is 9.98. The molecule has 2 heterocycles. The van der Waals surface area contributed by atoms with Crippen LogP contribution in [0.3, 0.4) is 0 Å². The number of benzene rings is 1. The summed E-state index contributed by atoms with van der Waals surface area (Å²) in [4.78, 5) is 29.0. The molecule has 10 heteroatoms. The number of carbonyl (C=O) groups is 2. The molecule has 162 valence electrons. The van der Waals surface area contributed by atoms with E-state index in [0.717, 1.165) is 11.4 Å². The fraction of sp³-hybridized carbons (Fsp3) is 0.238. The fourth-order valence-electron chi connectivity index (χ4n) is 2.85. The number of anilines is 1. The minimum absolute atomic E-state index is 0.102. The summed E-state index contributed by atoms with van der Waals surface area (Å²) < 4.78 is 17.0. The third-order valence-corrected chi connectivity index (χ3v) is 4.57. The first kappa shape index (κ1) is 22.1. The Balaban J connectivity index is 1.70. The zero-order valence-corrected chi connectivity index (χ0v) is 18.2. The van der Waals surface area contributed by atoms with E-state index in [-0.39, 0.29) is 10.7 Å². The molecule has 0 unspecified atom stereocenters. The van der Waals surface area contributed by atoms with Crippen LogP contribution >= 0.6 is 11.6 Å². The van der Waals surface area contributed by atoms with Gasteiger partial charge in [-0.05, 0) is 44.2 Å². The van der Waals surface area contributed by atoms with E-state index >= 15 is 0 Å². The van der Waals surface area contributed by atoms with Gasteiger partial charge in [0.25, 0.3) is 5.91 Å². The van der Waals surface area contributed by atoms with Gasteiger partial charge in [0.1, 0.15) is 11.5 Å². The molecule has 3 rings (SSSR count). The standard InChI is InChI=1S/C21H21ClN4O5/c1-12-9-13(2)26(25-12)18-8-6-15(22)20(24-18)21(28)31-11-19(27)23-16-10-14(29-3)5-7-17(16)30-4/h5-10H,11H2,1-4H3,(H,23,27). The molecule has 0 radical (unpaired) electrons. The van der Waals surface area contributed by atoms with Gasteiger partial charge >= 0.3 is 5.97 Å². The number of aromatic nitrogens is 3. The number of nitrogens with one attached hydrogen (secondary N) is 1. The van der Waals surface area contributed by atoms with Crippen molar-refractivity contribution in [3.05, 3.63) is 58.5 Å². The number of carbonyl (C=O) groups excluding carboxylic acids is 2. The van der Waals surface area contributed by atoms with Crippen molar-refractivity contribution in [3.63, 3.8) is 0 Å². The molecule has 0 aliphatic carbocycles. The molecule has 2 aromatic heterocycles. The third-order valence-electron chi connectivity index (χ3n) is 4.27. The summed E-state index contributed by atoms with van der Waals surface area (Å²) in [6.45, 7) is 3.18. The van der Waals surface area contributed by atoms with Gasteiger partial charge in [-0.25, -0.2) is 14.5 Å². The van der Waals surface area contributed by atoms with Crippen LogP contribution in [-0.4, -0.2) is 47.5 Å². The van der Waals surface area contributed by atoms with Crippen LogP contribution in [0.4, 0.5) is 5.69 Å². The van der Waals surface area contributed by atoms with E-state index in [2.05, 4.69) is 15.4 Å². The minimum atomic E-state index is -0.832. The van der Waals surface area contributed by atoms with E-state index in [9.17, 15) is 9.59 Å². The van der Waals surface area contributed by atoms with Crippen LogP contribution in [0.1, 0.15) is 21.9 Å². The minimum Gasteiger partial charge on any atom is -0.497 e. The highest BCUT2D eigenvalue weighted by molar-refractivity contribution is 6.33. The maximum Gasteiger partial charge on any atom is 0.359 e. The second kappa shape index (κ2) is 9.48. The van der Waals surface area contributed by atoms with Crippen molar-refractivity contribution in [2.75, 3.05) is 26.1 Å². The highest BCUT2D eigenvalue weighted by atomic mass is 35.5. The number of hydrogen-bond donors (Lipinski definition) is 1. The normalized spacial score (nSPS) is 10.5. The number of pyridine rings is 1. The average molecular weight is 445 g/mol. The lowest BCUT2D eigenvalue weighted by Gasteiger charge is -2.12. The van der Waals surface area contributed by atoms with Crippen molar-refractivity contribution in [2.24, 2.45) is 0 Å². The number of aryl methyl sites for hydroxylation is 2. The predicted molar refractivity (Wildman–Crippen MR) is 114 cm³/mol. The summed E-state index contributed by atoms with van der Waals surface area (Å²) >= 11 is 6.12. The largest absolute Gasteiger partial charge is 0.497 e. The van der Waals surface area contributed by atoms with Crippen LogP contribution in [0.25, 0.3) is 5.82 Å². The Morgan fingerprint density at radius 2 is 1.87 bits per heavy atom.